The average Bonchev–Trinajstić information content (AvgIpc) is 3.30. The molecule has 8 nitrogen and oxygen atoms in total. The summed E-state index contributed by atoms with van der Waals surface area (Å²) in [4.78, 5) is 31.7. The van der Waals surface area contributed by atoms with Crippen molar-refractivity contribution in [2.24, 2.45) is 11.8 Å². The molecule has 1 atom stereocenters. The number of hydrogen-bond acceptors (Lipinski definition) is 7. The van der Waals surface area contributed by atoms with Gasteiger partial charge < -0.3 is 29.4 Å². The third kappa shape index (κ3) is 5.97. The number of aromatic nitrogens is 1. The highest BCUT2D eigenvalue weighted by Gasteiger charge is 2.47. The van der Waals surface area contributed by atoms with E-state index in [2.05, 4.69) is 15.2 Å². The summed E-state index contributed by atoms with van der Waals surface area (Å²) in [7, 11) is 0. The van der Waals surface area contributed by atoms with Crippen molar-refractivity contribution in [1.82, 2.24) is 15.2 Å². The lowest BCUT2D eigenvalue weighted by Crippen LogP contribution is -2.49. The van der Waals surface area contributed by atoms with Gasteiger partial charge in [0.25, 0.3) is 17.3 Å². The van der Waals surface area contributed by atoms with Gasteiger partial charge in [0.15, 0.2) is 11.5 Å². The topological polar surface area (TPSA) is 92.9 Å². The zero-order chi connectivity index (χ0) is 29.5. The number of aryl methyl sites for hydroxylation is 1. The van der Waals surface area contributed by atoms with Crippen LogP contribution >= 0.6 is 23.4 Å². The van der Waals surface area contributed by atoms with Gasteiger partial charge in [-0.1, -0.05) is 11.6 Å². The molecule has 212 valence electrons. The zero-order valence-corrected chi connectivity index (χ0v) is 24.5. The summed E-state index contributed by atoms with van der Waals surface area (Å²) in [5, 5.41) is 2.62. The van der Waals surface area contributed by atoms with Crippen molar-refractivity contribution in [2.45, 2.75) is 63.6 Å². The van der Waals surface area contributed by atoms with Crippen LogP contribution in [0.25, 0.3) is 0 Å². The molecular formula is C29H38ClN3O5S. The molecule has 2 N–H and O–H groups in total. The first-order valence-corrected chi connectivity index (χ1v) is 15.1. The second kappa shape index (κ2) is 11.7. The summed E-state index contributed by atoms with van der Waals surface area (Å²) < 4.78 is 35.4. The van der Waals surface area contributed by atoms with Crippen LogP contribution in [-0.2, 0) is 11.2 Å². The van der Waals surface area contributed by atoms with Gasteiger partial charge in [0.05, 0.1) is 7.76 Å². The molecule has 0 aliphatic carbocycles. The number of nitrogens with zero attached hydrogens (tertiary/aromatic N) is 1. The average molecular weight is 578 g/mol. The minimum Gasteiger partial charge on any atom is -0.448 e. The summed E-state index contributed by atoms with van der Waals surface area (Å²) in [6, 6.07) is 3.16. The van der Waals surface area contributed by atoms with Gasteiger partial charge in [0.2, 0.25) is 0 Å². The Morgan fingerprint density at radius 3 is 2.59 bits per heavy atom. The number of H-pyrrole nitrogens is 1. The number of hydrogen-bond donors (Lipinski definition) is 2. The number of rotatable bonds is 7. The molecular weight excluding hydrogens is 538 g/mol. The van der Waals surface area contributed by atoms with Crippen LogP contribution in [0.4, 0.5) is 0 Å². The highest BCUT2D eigenvalue weighted by atomic mass is 35.5. The fourth-order valence-corrected chi connectivity index (χ4v) is 6.68. The molecule has 1 amide bonds. The van der Waals surface area contributed by atoms with E-state index in [1.54, 1.807) is 26.2 Å². The van der Waals surface area contributed by atoms with Gasteiger partial charge in [-0.2, -0.15) is 0 Å². The third-order valence-corrected chi connectivity index (χ3v) is 9.17. The fourth-order valence-electron chi connectivity index (χ4n) is 5.81. The van der Waals surface area contributed by atoms with Crippen LogP contribution in [0.15, 0.2) is 21.8 Å². The normalized spacial score (nSPS) is 23.4. The first-order chi connectivity index (χ1) is 19.4. The van der Waals surface area contributed by atoms with Crippen molar-refractivity contribution >= 4 is 29.3 Å². The van der Waals surface area contributed by atoms with Crippen LogP contribution < -0.4 is 20.3 Å². The maximum atomic E-state index is 13.4. The molecule has 3 aliphatic rings. The van der Waals surface area contributed by atoms with Crippen LogP contribution in [0.2, 0.25) is 5.02 Å². The maximum absolute atomic E-state index is 13.4. The van der Waals surface area contributed by atoms with Gasteiger partial charge in [-0.15, -0.1) is 11.8 Å². The Morgan fingerprint density at radius 2 is 1.90 bits per heavy atom. The Bertz CT molecular complexity index is 1380. The molecule has 1 aromatic heterocycles. The van der Waals surface area contributed by atoms with Crippen LogP contribution in [0.5, 0.6) is 11.5 Å². The molecule has 4 heterocycles. The molecule has 5 rings (SSSR count). The molecule has 1 aromatic carbocycles. The molecule has 0 radical (unpaired) electrons. The van der Waals surface area contributed by atoms with E-state index in [0.29, 0.717) is 33.6 Å². The SMILES string of the molecule is [2H]C([2H])(NC(=O)c1cc(Cl)c2c(c1C)OC(C)(C1CCN(CC3CCOCC3)CC1)O2)c1c(SC)cc(C)[nH]c1=O. The number of benzene rings is 1. The number of pyridine rings is 1. The van der Waals surface area contributed by atoms with Gasteiger partial charge >= 0.3 is 0 Å². The van der Waals surface area contributed by atoms with E-state index in [1.165, 1.54) is 17.8 Å². The Morgan fingerprint density at radius 1 is 1.21 bits per heavy atom. The van der Waals surface area contributed by atoms with Crippen molar-refractivity contribution in [1.29, 1.82) is 0 Å². The minimum absolute atomic E-state index is 0.140. The summed E-state index contributed by atoms with van der Waals surface area (Å²) in [6.07, 6.45) is 5.83. The van der Waals surface area contributed by atoms with Crippen LogP contribution in [0.1, 0.15) is 62.5 Å². The second-order valence-corrected chi connectivity index (χ2v) is 12.1. The molecule has 2 aromatic rings. The quantitative estimate of drug-likeness (QED) is 0.451. The van der Waals surface area contributed by atoms with E-state index in [4.69, 9.17) is 28.6 Å². The number of piperidine rings is 1. The molecule has 0 bridgehead atoms. The van der Waals surface area contributed by atoms with E-state index in [0.717, 1.165) is 58.5 Å². The van der Waals surface area contributed by atoms with E-state index >= 15 is 0 Å². The van der Waals surface area contributed by atoms with Crippen LogP contribution in [0.3, 0.4) is 0 Å². The van der Waals surface area contributed by atoms with E-state index in [9.17, 15) is 9.59 Å². The number of fused-ring (bicyclic) bond motifs is 1. The lowest BCUT2D eigenvalue weighted by atomic mass is 9.88. The molecule has 0 spiro atoms. The van der Waals surface area contributed by atoms with Crippen molar-refractivity contribution in [3.05, 3.63) is 49.9 Å². The highest BCUT2D eigenvalue weighted by Crippen LogP contribution is 2.51. The standard InChI is InChI=1S/C29H38ClN3O5S/c1-17-13-24(39-4)22(28(35)32-17)15-31-27(34)21-14-23(30)26-25(18(21)2)37-29(3,38-26)20-5-9-33(10-6-20)16-19-7-11-36-12-8-19/h13-14,19-20H,5-12,15-16H2,1-4H3,(H,31,34)(H,32,35)/i15D2. The molecule has 10 heteroatoms. The Hall–Kier alpha value is -2.20. The number of carbonyl (C=O) groups excluding carboxylic acids is 1. The first kappa shape index (κ1) is 25.7. The predicted molar refractivity (Wildman–Crippen MR) is 153 cm³/mol. The smallest absolute Gasteiger partial charge is 0.254 e. The minimum atomic E-state index is -2.43. The van der Waals surface area contributed by atoms with Crippen LogP contribution in [-0.4, -0.2) is 60.7 Å². The van der Waals surface area contributed by atoms with Crippen molar-refractivity contribution < 1.29 is 21.7 Å². The number of aromatic amines is 1. The largest absolute Gasteiger partial charge is 0.448 e. The third-order valence-electron chi connectivity index (χ3n) is 8.13. The Balaban J connectivity index is 1.30. The molecule has 3 aliphatic heterocycles. The number of nitrogens with one attached hydrogen (secondary N) is 2. The number of amides is 1. The summed E-state index contributed by atoms with van der Waals surface area (Å²) in [5.74, 6) is -0.00570. The second-order valence-electron chi connectivity index (χ2n) is 10.8. The van der Waals surface area contributed by atoms with E-state index < -0.39 is 23.8 Å². The lowest BCUT2D eigenvalue weighted by molar-refractivity contribution is -0.125. The summed E-state index contributed by atoms with van der Waals surface area (Å²) in [5.41, 5.74) is 0.530. The van der Waals surface area contributed by atoms with Crippen LogP contribution in [0, 0.1) is 25.7 Å². The molecule has 0 saturated carbocycles. The Kier molecular flexibility index (Phi) is 7.74. The van der Waals surface area contributed by atoms with Gasteiger partial charge in [-0.25, -0.2) is 0 Å². The number of likely N-dealkylation sites (tertiary alicyclic amines) is 1. The summed E-state index contributed by atoms with van der Waals surface area (Å²) >= 11 is 7.85. The van der Waals surface area contributed by atoms with Gasteiger partial charge in [0, 0.05) is 66.4 Å². The molecule has 2 fully saturated rings. The monoisotopic (exact) mass is 577 g/mol. The molecule has 1 unspecified atom stereocenters. The molecule has 2 saturated heterocycles. The number of carbonyl (C=O) groups is 1. The van der Waals surface area contributed by atoms with Gasteiger partial charge in [-0.3, -0.25) is 9.59 Å². The van der Waals surface area contributed by atoms with Gasteiger partial charge in [-0.05, 0) is 76.9 Å². The predicted octanol–water partition coefficient (Wildman–Crippen LogP) is 4.92. The number of halogens is 1. The molecule has 39 heavy (non-hydrogen) atoms. The zero-order valence-electron chi connectivity index (χ0n) is 24.9. The van der Waals surface area contributed by atoms with Crippen molar-refractivity contribution in [3.8, 4) is 11.5 Å². The lowest BCUT2D eigenvalue weighted by Gasteiger charge is -2.40. The van der Waals surface area contributed by atoms with Gasteiger partial charge in [0.1, 0.15) is 0 Å². The van der Waals surface area contributed by atoms with Crippen molar-refractivity contribution in [3.63, 3.8) is 0 Å². The van der Waals surface area contributed by atoms with E-state index in [1.807, 2.05) is 6.92 Å². The highest BCUT2D eigenvalue weighted by molar-refractivity contribution is 7.98. The number of ether oxygens (including phenoxy) is 3. The Labute approximate surface area is 241 Å². The summed E-state index contributed by atoms with van der Waals surface area (Å²) in [6.45, 7) is 7.68. The maximum Gasteiger partial charge on any atom is 0.254 e. The first-order valence-electron chi connectivity index (χ1n) is 14.5. The van der Waals surface area contributed by atoms with E-state index in [-0.39, 0.29) is 22.1 Å². The fraction of sp³-hybridized carbons (Fsp3) is 0.586. The van der Waals surface area contributed by atoms with Crippen molar-refractivity contribution in [2.75, 3.05) is 39.1 Å². The number of thioether (sulfide) groups is 1.